The van der Waals surface area contributed by atoms with Crippen LogP contribution in [0.2, 0.25) is 0 Å². The highest BCUT2D eigenvalue weighted by atomic mass is 16.7. The summed E-state index contributed by atoms with van der Waals surface area (Å²) >= 11 is 0. The summed E-state index contributed by atoms with van der Waals surface area (Å²) in [6, 6.07) is 0. The van der Waals surface area contributed by atoms with Gasteiger partial charge in [-0.1, -0.05) is 0 Å². The Morgan fingerprint density at radius 3 is 1.06 bits per heavy atom. The molecule has 0 radical (unpaired) electrons. The largest absolute Gasteiger partial charge is 0.466 e. The molecule has 0 aromatic carbocycles. The Labute approximate surface area is 283 Å². The van der Waals surface area contributed by atoms with Crippen molar-refractivity contribution in [2.45, 2.75) is 117 Å². The highest BCUT2D eigenvalue weighted by Gasteiger charge is 2.48. The van der Waals surface area contributed by atoms with Crippen molar-refractivity contribution in [2.24, 2.45) is 0 Å². The van der Waals surface area contributed by atoms with E-state index in [2.05, 4.69) is 0 Å². The molecule has 0 N–H and O–H groups in total. The van der Waals surface area contributed by atoms with Crippen molar-refractivity contribution in [2.75, 3.05) is 27.4 Å². The van der Waals surface area contributed by atoms with Crippen LogP contribution in [0.1, 0.15) is 68.2 Å². The molecule has 19 heteroatoms. The van der Waals surface area contributed by atoms with Gasteiger partial charge in [-0.05, 0) is 0 Å². The van der Waals surface area contributed by atoms with Crippen LogP contribution < -0.4 is 0 Å². The molecule has 19 nitrogen and oxygen atoms in total. The zero-order valence-electron chi connectivity index (χ0n) is 29.2. The van der Waals surface area contributed by atoms with Gasteiger partial charge in [-0.15, -0.1) is 0 Å². The first-order valence-electron chi connectivity index (χ1n) is 14.8. The Hall–Kier alpha value is -4.36. The lowest BCUT2D eigenvalue weighted by Crippen LogP contribution is -2.56. The fourth-order valence-corrected chi connectivity index (χ4v) is 4.33. The van der Waals surface area contributed by atoms with Crippen molar-refractivity contribution in [1.82, 2.24) is 0 Å². The Morgan fingerprint density at radius 1 is 0.388 bits per heavy atom. The third-order valence-corrected chi connectivity index (χ3v) is 5.91. The van der Waals surface area contributed by atoms with E-state index in [4.69, 9.17) is 52.1 Å². The molecule has 8 atom stereocenters. The molecule has 0 aliphatic rings. The van der Waals surface area contributed by atoms with Crippen molar-refractivity contribution in [3.05, 3.63) is 0 Å². The number of ether oxygens (including phenoxy) is 11. The number of carbonyl (C=O) groups excluding carboxylic acids is 8. The molecule has 2 unspecified atom stereocenters. The van der Waals surface area contributed by atoms with E-state index in [9.17, 15) is 38.4 Å². The summed E-state index contributed by atoms with van der Waals surface area (Å²) in [5, 5.41) is 0. The van der Waals surface area contributed by atoms with Gasteiger partial charge in [-0.3, -0.25) is 38.4 Å². The van der Waals surface area contributed by atoms with E-state index >= 15 is 0 Å². The standard InChI is InChI=1S/C30H46O19/c1-15(31)41-13-11-23(43-17(3)33)25(44-18(4)34)28(47-21(7)37)30(40-10)49-24(12-14-42-16(2)32)26(45-19(5)35)27(46-20(6)36)29(39-9)48-22(8)38/h23-30H,11-14H2,1-10H3/t23-,24-,25+,26+,27?,28?,29+,30-/m1/s1. The van der Waals surface area contributed by atoms with Gasteiger partial charge in [-0.2, -0.15) is 0 Å². The van der Waals surface area contributed by atoms with Crippen LogP contribution in [0.25, 0.3) is 0 Å². The molecule has 0 aliphatic heterocycles. The van der Waals surface area contributed by atoms with Crippen molar-refractivity contribution >= 4 is 47.8 Å². The molecule has 0 bridgehead atoms. The van der Waals surface area contributed by atoms with E-state index in [1.54, 1.807) is 0 Å². The predicted octanol–water partition coefficient (Wildman–Crippen LogP) is 0.445. The molecule has 49 heavy (non-hydrogen) atoms. The second-order valence-electron chi connectivity index (χ2n) is 10.2. The number of carbonyl (C=O) groups is 8. The number of hydrogen-bond acceptors (Lipinski definition) is 19. The molecule has 0 saturated heterocycles. The van der Waals surface area contributed by atoms with Gasteiger partial charge < -0.3 is 52.1 Å². The van der Waals surface area contributed by atoms with Gasteiger partial charge in [0, 0.05) is 82.5 Å². The fraction of sp³-hybridized carbons (Fsp3) is 0.733. The van der Waals surface area contributed by atoms with Crippen LogP contribution in [-0.2, 0) is 90.5 Å². The normalized spacial score (nSPS) is 15.7. The molecule has 0 rings (SSSR count). The SMILES string of the molecule is CO[C@H](O[C@H](CCOC(C)=O)[C@H](OC(C)=O)C(OC(C)=O)[C@@H](OC)OC(C)=O)C(OC(C)=O)[C@@H](OC(C)=O)[C@@H](CCOC(C)=O)OC(C)=O. The van der Waals surface area contributed by atoms with Gasteiger partial charge >= 0.3 is 47.8 Å². The van der Waals surface area contributed by atoms with Crippen molar-refractivity contribution in [3.63, 3.8) is 0 Å². The Bertz CT molecular complexity index is 1140. The maximum absolute atomic E-state index is 12.4. The minimum absolute atomic E-state index is 0.260. The first kappa shape index (κ1) is 44.6. The molecule has 0 amide bonds. The highest BCUT2D eigenvalue weighted by Crippen LogP contribution is 2.27. The predicted molar refractivity (Wildman–Crippen MR) is 159 cm³/mol. The van der Waals surface area contributed by atoms with E-state index < -0.39 is 104 Å². The molecular weight excluding hydrogens is 664 g/mol. The Morgan fingerprint density at radius 2 is 0.714 bits per heavy atom. The van der Waals surface area contributed by atoms with Crippen LogP contribution in [0.3, 0.4) is 0 Å². The second kappa shape index (κ2) is 23.1. The Kier molecular flexibility index (Phi) is 21.0. The van der Waals surface area contributed by atoms with Gasteiger partial charge in [-0.25, -0.2) is 0 Å². The number of methoxy groups -OCH3 is 2. The molecule has 0 heterocycles. The minimum Gasteiger partial charge on any atom is -0.466 e. The van der Waals surface area contributed by atoms with Gasteiger partial charge in [0.05, 0.1) is 13.2 Å². The lowest BCUT2D eigenvalue weighted by atomic mass is 10.0. The summed E-state index contributed by atoms with van der Waals surface area (Å²) in [5.74, 6) is -6.84. The summed E-state index contributed by atoms with van der Waals surface area (Å²) in [6.07, 6.45) is -13.9. The van der Waals surface area contributed by atoms with Crippen LogP contribution in [0.5, 0.6) is 0 Å². The average Bonchev–Trinajstić information content (AvgIpc) is 2.95. The molecular formula is C30H46O19. The molecule has 0 spiro atoms. The third-order valence-electron chi connectivity index (χ3n) is 5.91. The van der Waals surface area contributed by atoms with Gasteiger partial charge in [0.1, 0.15) is 12.2 Å². The van der Waals surface area contributed by atoms with Crippen LogP contribution >= 0.6 is 0 Å². The first-order valence-corrected chi connectivity index (χ1v) is 14.8. The van der Waals surface area contributed by atoms with Crippen LogP contribution in [0, 0.1) is 0 Å². The summed E-state index contributed by atoms with van der Waals surface area (Å²) in [6.45, 7) is 7.65. The van der Waals surface area contributed by atoms with E-state index in [0.717, 1.165) is 69.6 Å². The molecule has 0 aliphatic carbocycles. The highest BCUT2D eigenvalue weighted by molar-refractivity contribution is 5.69. The molecule has 0 aromatic heterocycles. The van der Waals surface area contributed by atoms with E-state index in [0.29, 0.717) is 0 Å². The van der Waals surface area contributed by atoms with E-state index in [-0.39, 0.29) is 19.4 Å². The Balaban J connectivity index is 7.32. The second-order valence-corrected chi connectivity index (χ2v) is 10.2. The zero-order valence-corrected chi connectivity index (χ0v) is 29.2. The average molecular weight is 711 g/mol. The summed E-state index contributed by atoms with van der Waals surface area (Å²) < 4.78 is 59.1. The molecule has 280 valence electrons. The first-order chi connectivity index (χ1) is 22.8. The third kappa shape index (κ3) is 18.7. The summed E-state index contributed by atoms with van der Waals surface area (Å²) in [7, 11) is 2.20. The summed E-state index contributed by atoms with van der Waals surface area (Å²) in [5.41, 5.74) is 0. The lowest BCUT2D eigenvalue weighted by molar-refractivity contribution is -0.275. The van der Waals surface area contributed by atoms with Crippen molar-refractivity contribution < 1.29 is 90.5 Å². The number of rotatable bonds is 22. The molecule has 0 saturated carbocycles. The maximum atomic E-state index is 12.4. The fourth-order valence-electron chi connectivity index (χ4n) is 4.33. The van der Waals surface area contributed by atoms with Gasteiger partial charge in [0.25, 0.3) is 0 Å². The van der Waals surface area contributed by atoms with E-state index in [1.165, 1.54) is 0 Å². The maximum Gasteiger partial charge on any atom is 0.305 e. The van der Waals surface area contributed by atoms with E-state index in [1.807, 2.05) is 0 Å². The lowest BCUT2D eigenvalue weighted by Gasteiger charge is -2.39. The van der Waals surface area contributed by atoms with Crippen molar-refractivity contribution in [3.8, 4) is 0 Å². The quantitative estimate of drug-likeness (QED) is 0.0841. The zero-order chi connectivity index (χ0) is 37.8. The minimum atomic E-state index is -1.78. The smallest absolute Gasteiger partial charge is 0.305 e. The van der Waals surface area contributed by atoms with Crippen LogP contribution in [-0.4, -0.2) is 124 Å². The number of esters is 8. The van der Waals surface area contributed by atoms with Crippen LogP contribution in [0.4, 0.5) is 0 Å². The monoisotopic (exact) mass is 710 g/mol. The summed E-state index contributed by atoms with van der Waals surface area (Å²) in [4.78, 5) is 96.2. The molecule has 0 aromatic rings. The van der Waals surface area contributed by atoms with Crippen LogP contribution in [0.15, 0.2) is 0 Å². The van der Waals surface area contributed by atoms with Crippen molar-refractivity contribution in [1.29, 1.82) is 0 Å². The van der Waals surface area contributed by atoms with Gasteiger partial charge in [0.2, 0.25) is 12.4 Å². The van der Waals surface area contributed by atoms with Gasteiger partial charge in [0.15, 0.2) is 24.6 Å². The topological polar surface area (TPSA) is 238 Å². The number of hydrogen-bond donors (Lipinski definition) is 0. The molecule has 0 fully saturated rings.